The highest BCUT2D eigenvalue weighted by molar-refractivity contribution is 6.31. The number of ether oxygens (including phenoxy) is 1. The average Bonchev–Trinajstić information content (AvgIpc) is 3.00. The molecule has 1 atom stereocenters. The maximum atomic E-state index is 15.2. The molecule has 0 aliphatic heterocycles. The number of nitrogens with zero attached hydrogens (tertiary/aromatic N) is 3. The fourth-order valence-electron chi connectivity index (χ4n) is 4.12. The van der Waals surface area contributed by atoms with E-state index in [0.717, 1.165) is 30.5 Å². The first-order valence-electron chi connectivity index (χ1n) is 10.5. The van der Waals surface area contributed by atoms with Gasteiger partial charge in [0, 0.05) is 29.8 Å². The van der Waals surface area contributed by atoms with Crippen LogP contribution in [0.5, 0.6) is 5.75 Å². The van der Waals surface area contributed by atoms with Crippen molar-refractivity contribution in [3.63, 3.8) is 0 Å². The quantitative estimate of drug-likeness (QED) is 0.519. The molecule has 0 amide bonds. The van der Waals surface area contributed by atoms with Crippen LogP contribution >= 0.6 is 11.6 Å². The van der Waals surface area contributed by atoms with E-state index >= 15 is 4.39 Å². The average molecular weight is 445 g/mol. The van der Waals surface area contributed by atoms with Gasteiger partial charge in [-0.1, -0.05) is 24.9 Å². The number of benzene rings is 1. The Morgan fingerprint density at radius 3 is 2.68 bits per heavy atom. The minimum Gasteiger partial charge on any atom is -0.490 e. The van der Waals surface area contributed by atoms with Crippen molar-refractivity contribution in [2.45, 2.75) is 59.0 Å². The van der Waals surface area contributed by atoms with Gasteiger partial charge in [0.1, 0.15) is 22.9 Å². The monoisotopic (exact) mass is 444 g/mol. The number of halogens is 2. The summed E-state index contributed by atoms with van der Waals surface area (Å²) in [5, 5.41) is -0.0978. The van der Waals surface area contributed by atoms with E-state index in [2.05, 4.69) is 4.98 Å². The van der Waals surface area contributed by atoms with E-state index in [1.165, 1.54) is 6.07 Å². The SMILES string of the molecule is Cc1nc(C(C)c2cc(Cl)c(F)c(C(=O)C3CCC3)c2OC(C)C)n2ccnc(N)c12. The number of hydrogen-bond donors (Lipinski definition) is 1. The molecular formula is C23H26ClFN4O2. The Labute approximate surface area is 185 Å². The smallest absolute Gasteiger partial charge is 0.172 e. The number of carbonyl (C=O) groups excluding carboxylic acids is 1. The number of fused-ring (bicyclic) bond motifs is 1. The Balaban J connectivity index is 1.93. The maximum Gasteiger partial charge on any atom is 0.172 e. The molecule has 2 N–H and O–H groups in total. The second-order valence-corrected chi connectivity index (χ2v) is 8.84. The summed E-state index contributed by atoms with van der Waals surface area (Å²) in [5.74, 6) is -0.190. The summed E-state index contributed by atoms with van der Waals surface area (Å²) in [6, 6.07) is 1.54. The van der Waals surface area contributed by atoms with Crippen molar-refractivity contribution < 1.29 is 13.9 Å². The standard InChI is InChI=1S/C23H26ClFN4O2/c1-11(2)31-21-15(10-16(24)18(25)17(21)20(30)14-6-5-7-14)12(3)23-28-13(4)19-22(26)27-8-9-29(19)23/h8-12,14H,5-7H2,1-4H3,(H2,26,27). The van der Waals surface area contributed by atoms with Gasteiger partial charge in [0.15, 0.2) is 11.6 Å². The van der Waals surface area contributed by atoms with Crippen LogP contribution in [-0.4, -0.2) is 26.3 Å². The van der Waals surface area contributed by atoms with Crippen LogP contribution < -0.4 is 10.5 Å². The first kappa shape index (κ1) is 21.6. The predicted molar refractivity (Wildman–Crippen MR) is 118 cm³/mol. The molecule has 0 spiro atoms. The van der Waals surface area contributed by atoms with Crippen LogP contribution in [0.1, 0.15) is 73.4 Å². The van der Waals surface area contributed by atoms with Gasteiger partial charge in [-0.05, 0) is 39.7 Å². The van der Waals surface area contributed by atoms with Gasteiger partial charge in [0.2, 0.25) is 0 Å². The van der Waals surface area contributed by atoms with Crippen LogP contribution in [-0.2, 0) is 0 Å². The van der Waals surface area contributed by atoms with Gasteiger partial charge in [0.05, 0.1) is 22.4 Å². The van der Waals surface area contributed by atoms with Crippen LogP contribution in [0, 0.1) is 18.7 Å². The largest absolute Gasteiger partial charge is 0.490 e. The number of imidazole rings is 1. The summed E-state index contributed by atoms with van der Waals surface area (Å²) in [6.07, 6.45) is 5.62. The first-order valence-corrected chi connectivity index (χ1v) is 10.9. The van der Waals surface area contributed by atoms with E-state index < -0.39 is 5.82 Å². The topological polar surface area (TPSA) is 82.5 Å². The Morgan fingerprint density at radius 1 is 1.35 bits per heavy atom. The summed E-state index contributed by atoms with van der Waals surface area (Å²) >= 11 is 6.28. The maximum absolute atomic E-state index is 15.2. The molecule has 0 bridgehead atoms. The lowest BCUT2D eigenvalue weighted by atomic mass is 9.79. The highest BCUT2D eigenvalue weighted by atomic mass is 35.5. The van der Waals surface area contributed by atoms with Crippen molar-refractivity contribution in [1.82, 2.24) is 14.4 Å². The molecule has 8 heteroatoms. The first-order chi connectivity index (χ1) is 14.7. The fraction of sp³-hybridized carbons (Fsp3) is 0.435. The van der Waals surface area contributed by atoms with Crippen molar-refractivity contribution in [1.29, 1.82) is 0 Å². The third kappa shape index (κ3) is 3.65. The van der Waals surface area contributed by atoms with Crippen LogP contribution in [0.4, 0.5) is 10.2 Å². The minimum absolute atomic E-state index is 0.0495. The normalized spacial score (nSPS) is 15.3. The molecule has 1 aliphatic carbocycles. The number of nitrogens with two attached hydrogens (primary N) is 1. The zero-order chi connectivity index (χ0) is 22.4. The summed E-state index contributed by atoms with van der Waals surface area (Å²) in [7, 11) is 0. The molecular weight excluding hydrogens is 419 g/mol. The van der Waals surface area contributed by atoms with Gasteiger partial charge in [-0.25, -0.2) is 14.4 Å². The number of nitrogen functional groups attached to an aromatic ring is 1. The molecule has 6 nitrogen and oxygen atoms in total. The molecule has 1 saturated carbocycles. The van der Waals surface area contributed by atoms with Crippen molar-refractivity contribution in [3.8, 4) is 5.75 Å². The van der Waals surface area contributed by atoms with Gasteiger partial charge in [-0.3, -0.25) is 9.20 Å². The Hall–Kier alpha value is -2.67. The molecule has 2 aromatic heterocycles. The lowest BCUT2D eigenvalue weighted by Crippen LogP contribution is -2.25. The molecule has 164 valence electrons. The minimum atomic E-state index is -0.720. The molecule has 2 heterocycles. The zero-order valence-corrected chi connectivity index (χ0v) is 18.8. The number of Topliss-reactive ketones (excluding diaryl/α,β-unsaturated/α-hetero) is 1. The van der Waals surface area contributed by atoms with Crippen molar-refractivity contribution in [2.24, 2.45) is 5.92 Å². The number of rotatable bonds is 6. The van der Waals surface area contributed by atoms with Gasteiger partial charge >= 0.3 is 0 Å². The van der Waals surface area contributed by atoms with Gasteiger partial charge in [-0.2, -0.15) is 0 Å². The van der Waals surface area contributed by atoms with Crippen LogP contribution in [0.15, 0.2) is 18.5 Å². The number of aryl methyl sites for hydroxylation is 1. The zero-order valence-electron chi connectivity index (χ0n) is 18.1. The summed E-state index contributed by atoms with van der Waals surface area (Å²) in [4.78, 5) is 22.0. The molecule has 1 aliphatic rings. The number of carbonyl (C=O) groups is 1. The third-order valence-electron chi connectivity index (χ3n) is 5.92. The summed E-state index contributed by atoms with van der Waals surface area (Å²) < 4.78 is 23.1. The highest BCUT2D eigenvalue weighted by Crippen LogP contribution is 2.42. The molecule has 31 heavy (non-hydrogen) atoms. The van der Waals surface area contributed by atoms with Crippen molar-refractivity contribution >= 4 is 28.7 Å². The number of hydrogen-bond acceptors (Lipinski definition) is 5. The second-order valence-electron chi connectivity index (χ2n) is 8.43. The summed E-state index contributed by atoms with van der Waals surface area (Å²) in [6.45, 7) is 7.48. The third-order valence-corrected chi connectivity index (χ3v) is 6.19. The van der Waals surface area contributed by atoms with Crippen LogP contribution in [0.3, 0.4) is 0 Å². The van der Waals surface area contributed by atoms with E-state index in [0.29, 0.717) is 17.2 Å². The molecule has 0 radical (unpaired) electrons. The van der Waals surface area contributed by atoms with Gasteiger partial charge in [-0.15, -0.1) is 0 Å². The molecule has 4 rings (SSSR count). The molecule has 1 aromatic carbocycles. The molecule has 1 fully saturated rings. The van der Waals surface area contributed by atoms with E-state index in [1.807, 2.05) is 32.1 Å². The molecule has 1 unspecified atom stereocenters. The van der Waals surface area contributed by atoms with E-state index in [-0.39, 0.29) is 40.1 Å². The lowest BCUT2D eigenvalue weighted by Gasteiger charge is -2.27. The second kappa shape index (κ2) is 8.11. The Bertz CT molecular complexity index is 1170. The van der Waals surface area contributed by atoms with E-state index in [4.69, 9.17) is 27.1 Å². The highest BCUT2D eigenvalue weighted by Gasteiger charge is 2.35. The lowest BCUT2D eigenvalue weighted by molar-refractivity contribution is 0.0844. The van der Waals surface area contributed by atoms with E-state index in [9.17, 15) is 4.79 Å². The number of anilines is 1. The predicted octanol–water partition coefficient (Wildman–Crippen LogP) is 5.33. The van der Waals surface area contributed by atoms with Gasteiger partial charge in [0.25, 0.3) is 0 Å². The number of ketones is 1. The molecule has 3 aromatic rings. The van der Waals surface area contributed by atoms with Crippen molar-refractivity contribution in [2.75, 3.05) is 5.73 Å². The number of aromatic nitrogens is 3. The summed E-state index contributed by atoms with van der Waals surface area (Å²) in [5.41, 5.74) is 8.07. The van der Waals surface area contributed by atoms with Crippen molar-refractivity contribution in [3.05, 3.63) is 51.9 Å². The Morgan fingerprint density at radius 2 is 2.06 bits per heavy atom. The van der Waals surface area contributed by atoms with Crippen LogP contribution in [0.25, 0.3) is 5.52 Å². The fourth-order valence-corrected chi connectivity index (χ4v) is 4.33. The van der Waals surface area contributed by atoms with E-state index in [1.54, 1.807) is 12.4 Å². The van der Waals surface area contributed by atoms with Gasteiger partial charge < -0.3 is 10.5 Å². The van der Waals surface area contributed by atoms with Crippen LogP contribution in [0.2, 0.25) is 5.02 Å². The Kier molecular flexibility index (Phi) is 5.64. The molecule has 0 saturated heterocycles.